The lowest BCUT2D eigenvalue weighted by Gasteiger charge is -2.26. The molecule has 94 valence electrons. The molecule has 0 aromatic heterocycles. The smallest absolute Gasteiger partial charge is 0.240 e. The van der Waals surface area contributed by atoms with Crippen LogP contribution in [-0.4, -0.2) is 24.5 Å². The summed E-state index contributed by atoms with van der Waals surface area (Å²) in [5, 5.41) is 6.43. The quantitative estimate of drug-likeness (QED) is 0.681. The molecule has 1 atom stereocenters. The van der Waals surface area contributed by atoms with Gasteiger partial charge in [-0.2, -0.15) is 0 Å². The minimum Gasteiger partial charge on any atom is -0.354 e. The Labute approximate surface area is 99.4 Å². The van der Waals surface area contributed by atoms with Gasteiger partial charge in [0.15, 0.2) is 0 Å². The average Bonchev–Trinajstić information content (AvgIpc) is 2.73. The first-order valence-electron chi connectivity index (χ1n) is 6.64. The zero-order valence-electron chi connectivity index (χ0n) is 10.9. The van der Waals surface area contributed by atoms with Crippen LogP contribution in [0.1, 0.15) is 52.9 Å². The summed E-state index contributed by atoms with van der Waals surface area (Å²) >= 11 is 0. The Balaban J connectivity index is 2.28. The highest BCUT2D eigenvalue weighted by molar-refractivity contribution is 5.86. The highest BCUT2D eigenvalue weighted by Gasteiger charge is 2.38. The van der Waals surface area contributed by atoms with E-state index in [9.17, 15) is 4.79 Å². The van der Waals surface area contributed by atoms with E-state index in [1.165, 1.54) is 6.42 Å². The molecule has 1 aliphatic heterocycles. The molecule has 2 N–H and O–H groups in total. The van der Waals surface area contributed by atoms with Gasteiger partial charge in [0.1, 0.15) is 0 Å². The van der Waals surface area contributed by atoms with Gasteiger partial charge in [-0.05, 0) is 44.6 Å². The summed E-state index contributed by atoms with van der Waals surface area (Å²) in [6.45, 7) is 8.32. The van der Waals surface area contributed by atoms with Gasteiger partial charge in [0, 0.05) is 6.54 Å². The van der Waals surface area contributed by atoms with Crippen LogP contribution in [-0.2, 0) is 4.79 Å². The Morgan fingerprint density at radius 1 is 1.50 bits per heavy atom. The zero-order valence-corrected chi connectivity index (χ0v) is 10.9. The van der Waals surface area contributed by atoms with Crippen LogP contribution in [0.15, 0.2) is 0 Å². The van der Waals surface area contributed by atoms with E-state index < -0.39 is 0 Å². The van der Waals surface area contributed by atoms with Crippen molar-refractivity contribution in [1.82, 2.24) is 10.6 Å². The number of amides is 1. The molecule has 0 spiro atoms. The van der Waals surface area contributed by atoms with Gasteiger partial charge in [0.25, 0.3) is 0 Å². The van der Waals surface area contributed by atoms with Crippen LogP contribution in [0.3, 0.4) is 0 Å². The maximum Gasteiger partial charge on any atom is 0.240 e. The maximum absolute atomic E-state index is 12.1. The van der Waals surface area contributed by atoms with Crippen molar-refractivity contribution in [2.75, 3.05) is 13.1 Å². The summed E-state index contributed by atoms with van der Waals surface area (Å²) in [6, 6.07) is 0. The number of rotatable bonds is 6. The molecular formula is C13H26N2O. The second kappa shape index (κ2) is 6.24. The van der Waals surface area contributed by atoms with E-state index in [0.29, 0.717) is 0 Å². The molecule has 0 bridgehead atoms. The van der Waals surface area contributed by atoms with Gasteiger partial charge in [-0.25, -0.2) is 0 Å². The van der Waals surface area contributed by atoms with Crippen LogP contribution < -0.4 is 10.6 Å². The molecule has 1 fully saturated rings. The fourth-order valence-corrected chi connectivity index (χ4v) is 2.34. The molecule has 1 amide bonds. The van der Waals surface area contributed by atoms with Crippen molar-refractivity contribution in [3.05, 3.63) is 0 Å². The monoisotopic (exact) mass is 226 g/mol. The molecule has 0 saturated carbocycles. The lowest BCUT2D eigenvalue weighted by atomic mass is 9.93. The van der Waals surface area contributed by atoms with Crippen LogP contribution in [0, 0.1) is 5.92 Å². The van der Waals surface area contributed by atoms with Crippen molar-refractivity contribution < 1.29 is 4.79 Å². The van der Waals surface area contributed by atoms with Gasteiger partial charge in [-0.15, -0.1) is 0 Å². The summed E-state index contributed by atoms with van der Waals surface area (Å²) in [4.78, 5) is 12.1. The van der Waals surface area contributed by atoms with Crippen molar-refractivity contribution in [3.63, 3.8) is 0 Å². The second-order valence-electron chi connectivity index (χ2n) is 5.26. The molecule has 1 unspecified atom stereocenters. The Bertz CT molecular complexity index is 220. The van der Waals surface area contributed by atoms with Crippen molar-refractivity contribution in [3.8, 4) is 0 Å². The molecule has 3 nitrogen and oxygen atoms in total. The Morgan fingerprint density at radius 2 is 2.25 bits per heavy atom. The van der Waals surface area contributed by atoms with Crippen LogP contribution in [0.5, 0.6) is 0 Å². The molecule has 1 saturated heterocycles. The van der Waals surface area contributed by atoms with Gasteiger partial charge in [0.05, 0.1) is 5.54 Å². The number of carbonyl (C=O) groups excluding carboxylic acids is 1. The standard InChI is InChI=1S/C13H26N2O/c1-4-13(8-6-10-15-13)12(16)14-9-5-7-11(2)3/h11,15H,4-10H2,1-3H3,(H,14,16). The van der Waals surface area contributed by atoms with Crippen molar-refractivity contribution in [1.29, 1.82) is 0 Å². The zero-order chi connectivity index (χ0) is 12.0. The highest BCUT2D eigenvalue weighted by Crippen LogP contribution is 2.22. The number of nitrogens with one attached hydrogen (secondary N) is 2. The number of hydrogen-bond donors (Lipinski definition) is 2. The summed E-state index contributed by atoms with van der Waals surface area (Å²) in [6.07, 6.45) is 5.27. The molecule has 0 aliphatic carbocycles. The molecule has 3 heteroatoms. The van der Waals surface area contributed by atoms with Crippen LogP contribution >= 0.6 is 0 Å². The predicted molar refractivity (Wildman–Crippen MR) is 67.3 cm³/mol. The van der Waals surface area contributed by atoms with E-state index in [1.807, 2.05) is 0 Å². The Kier molecular flexibility index (Phi) is 5.26. The first-order chi connectivity index (χ1) is 7.60. The van der Waals surface area contributed by atoms with E-state index >= 15 is 0 Å². The normalized spacial score (nSPS) is 25.0. The molecule has 0 aromatic rings. The van der Waals surface area contributed by atoms with Gasteiger partial charge in [-0.1, -0.05) is 20.8 Å². The molecule has 16 heavy (non-hydrogen) atoms. The van der Waals surface area contributed by atoms with E-state index in [1.54, 1.807) is 0 Å². The third-order valence-electron chi connectivity index (χ3n) is 3.53. The topological polar surface area (TPSA) is 41.1 Å². The van der Waals surface area contributed by atoms with Gasteiger partial charge in [-0.3, -0.25) is 4.79 Å². The molecule has 0 radical (unpaired) electrons. The lowest BCUT2D eigenvalue weighted by Crippen LogP contribution is -2.53. The molecule has 1 aliphatic rings. The SMILES string of the molecule is CCC1(C(=O)NCCCC(C)C)CCCN1. The third kappa shape index (κ3) is 3.48. The number of carbonyl (C=O) groups is 1. The maximum atomic E-state index is 12.1. The summed E-state index contributed by atoms with van der Waals surface area (Å²) < 4.78 is 0. The first kappa shape index (κ1) is 13.5. The fraction of sp³-hybridized carbons (Fsp3) is 0.923. The fourth-order valence-electron chi connectivity index (χ4n) is 2.34. The van der Waals surface area contributed by atoms with Crippen molar-refractivity contribution >= 4 is 5.91 Å². The minimum atomic E-state index is -0.266. The van der Waals surface area contributed by atoms with E-state index in [0.717, 1.165) is 44.7 Å². The van der Waals surface area contributed by atoms with Crippen LogP contribution in [0.2, 0.25) is 0 Å². The van der Waals surface area contributed by atoms with Gasteiger partial charge < -0.3 is 10.6 Å². The van der Waals surface area contributed by atoms with E-state index in [2.05, 4.69) is 31.4 Å². The molecule has 1 rings (SSSR count). The van der Waals surface area contributed by atoms with Gasteiger partial charge in [0.2, 0.25) is 5.91 Å². The number of hydrogen-bond acceptors (Lipinski definition) is 2. The molecular weight excluding hydrogens is 200 g/mol. The second-order valence-corrected chi connectivity index (χ2v) is 5.26. The molecule has 1 heterocycles. The summed E-state index contributed by atoms with van der Waals surface area (Å²) in [5.74, 6) is 0.929. The molecule has 0 aromatic carbocycles. The van der Waals surface area contributed by atoms with Crippen molar-refractivity contribution in [2.45, 2.75) is 58.4 Å². The third-order valence-corrected chi connectivity index (χ3v) is 3.53. The Morgan fingerprint density at radius 3 is 2.75 bits per heavy atom. The average molecular weight is 226 g/mol. The van der Waals surface area contributed by atoms with Crippen LogP contribution in [0.4, 0.5) is 0 Å². The van der Waals surface area contributed by atoms with E-state index in [4.69, 9.17) is 0 Å². The predicted octanol–water partition coefficient (Wildman–Crippen LogP) is 2.07. The summed E-state index contributed by atoms with van der Waals surface area (Å²) in [7, 11) is 0. The van der Waals surface area contributed by atoms with Crippen molar-refractivity contribution in [2.24, 2.45) is 5.92 Å². The lowest BCUT2D eigenvalue weighted by molar-refractivity contribution is -0.127. The van der Waals surface area contributed by atoms with E-state index in [-0.39, 0.29) is 11.4 Å². The Hall–Kier alpha value is -0.570. The minimum absolute atomic E-state index is 0.205. The highest BCUT2D eigenvalue weighted by atomic mass is 16.2. The largest absolute Gasteiger partial charge is 0.354 e. The van der Waals surface area contributed by atoms with Gasteiger partial charge >= 0.3 is 0 Å². The summed E-state index contributed by atoms with van der Waals surface area (Å²) in [5.41, 5.74) is -0.266. The first-order valence-corrected chi connectivity index (χ1v) is 6.64. The van der Waals surface area contributed by atoms with Crippen LogP contribution in [0.25, 0.3) is 0 Å².